The molecule has 0 aliphatic heterocycles. The zero-order chi connectivity index (χ0) is 37.8. The third-order valence-corrected chi connectivity index (χ3v) is 8.91. The molecule has 268 valence electrons. The van der Waals surface area contributed by atoms with E-state index in [1.807, 2.05) is 72.8 Å². The molecule has 1 heterocycles. The number of ether oxygens (including phenoxy) is 1. The normalized spacial score (nSPS) is 11.9. The van der Waals surface area contributed by atoms with Crippen molar-refractivity contribution in [3.05, 3.63) is 143 Å². The monoisotopic (exact) mass is 704 g/mol. The zero-order valence-electron chi connectivity index (χ0n) is 31.0. The number of hydrazone groups is 1. The van der Waals surface area contributed by atoms with Gasteiger partial charge in [-0.1, -0.05) is 114 Å². The highest BCUT2D eigenvalue weighted by molar-refractivity contribution is 5.96. The maximum Gasteiger partial charge on any atom is 0.343 e. The standard InChI is InChI=1S/C45H44N4O4/c1-44(2,3)35-25-30(26-36(42(35)51)45(4,5)6)19-24-39(50)49-46-28-29-17-21-34(22-18-29)53-43(52)33-20-23-37-38(27-33)48-41(32-15-11-8-12-16-32)40(47-37)31-13-9-7-10-14-31/h7-18,20-23,25-28,51H,19,24H2,1-6H3,(H,49,50)/b46-28-. The van der Waals surface area contributed by atoms with Gasteiger partial charge in [-0.05, 0) is 82.0 Å². The van der Waals surface area contributed by atoms with Gasteiger partial charge in [0.1, 0.15) is 11.5 Å². The number of rotatable bonds is 9. The Kier molecular flexibility index (Phi) is 10.5. The molecule has 0 radical (unpaired) electrons. The topological polar surface area (TPSA) is 114 Å². The van der Waals surface area contributed by atoms with Crippen molar-refractivity contribution in [2.45, 2.75) is 65.2 Å². The van der Waals surface area contributed by atoms with Crippen LogP contribution in [0.2, 0.25) is 0 Å². The maximum atomic E-state index is 13.2. The highest BCUT2D eigenvalue weighted by atomic mass is 16.5. The second-order valence-corrected chi connectivity index (χ2v) is 15.1. The van der Waals surface area contributed by atoms with E-state index in [1.54, 1.807) is 42.5 Å². The van der Waals surface area contributed by atoms with Crippen LogP contribution in [0, 0.1) is 0 Å². The number of phenolic OH excluding ortho intramolecular Hbond substituents is 1. The first kappa shape index (κ1) is 36.6. The number of fused-ring (bicyclic) bond motifs is 1. The van der Waals surface area contributed by atoms with E-state index in [9.17, 15) is 14.7 Å². The highest BCUT2D eigenvalue weighted by Crippen LogP contribution is 2.40. The molecule has 6 aromatic rings. The number of aromatic nitrogens is 2. The highest BCUT2D eigenvalue weighted by Gasteiger charge is 2.26. The lowest BCUT2D eigenvalue weighted by molar-refractivity contribution is -0.121. The van der Waals surface area contributed by atoms with Crippen molar-refractivity contribution >= 4 is 29.1 Å². The van der Waals surface area contributed by atoms with Crippen LogP contribution in [0.1, 0.15) is 80.6 Å². The average Bonchev–Trinajstić information content (AvgIpc) is 3.14. The fourth-order valence-corrected chi connectivity index (χ4v) is 6.04. The van der Waals surface area contributed by atoms with Crippen molar-refractivity contribution in [1.82, 2.24) is 15.4 Å². The van der Waals surface area contributed by atoms with E-state index in [0.29, 0.717) is 34.5 Å². The Morgan fingerprint density at radius 2 is 1.26 bits per heavy atom. The van der Waals surface area contributed by atoms with Crippen molar-refractivity contribution < 1.29 is 19.4 Å². The predicted octanol–water partition coefficient (Wildman–Crippen LogP) is 9.57. The number of esters is 1. The molecule has 1 amide bonds. The summed E-state index contributed by atoms with van der Waals surface area (Å²) in [5.41, 5.74) is 10.5. The number of aryl methyl sites for hydroxylation is 1. The molecule has 0 spiro atoms. The van der Waals surface area contributed by atoms with Gasteiger partial charge in [0.2, 0.25) is 5.91 Å². The Morgan fingerprint density at radius 3 is 1.81 bits per heavy atom. The molecule has 0 aliphatic carbocycles. The molecule has 1 aromatic heterocycles. The van der Waals surface area contributed by atoms with Gasteiger partial charge in [-0.3, -0.25) is 4.79 Å². The Balaban J connectivity index is 1.09. The number of nitrogens with zero attached hydrogens (tertiary/aromatic N) is 3. The molecule has 0 atom stereocenters. The first-order valence-electron chi connectivity index (χ1n) is 17.7. The van der Waals surface area contributed by atoms with Gasteiger partial charge in [-0.25, -0.2) is 20.2 Å². The van der Waals surface area contributed by atoms with Crippen LogP contribution in [0.25, 0.3) is 33.5 Å². The Morgan fingerprint density at radius 1 is 0.717 bits per heavy atom. The molecule has 0 saturated carbocycles. The second-order valence-electron chi connectivity index (χ2n) is 15.1. The summed E-state index contributed by atoms with van der Waals surface area (Å²) in [5.74, 6) is -0.0529. The maximum absolute atomic E-state index is 13.2. The Bertz CT molecular complexity index is 2250. The largest absolute Gasteiger partial charge is 0.507 e. The van der Waals surface area contributed by atoms with Crippen molar-refractivity contribution in [1.29, 1.82) is 0 Å². The van der Waals surface area contributed by atoms with E-state index in [1.165, 1.54) is 6.21 Å². The quantitative estimate of drug-likeness (QED) is 0.0671. The van der Waals surface area contributed by atoms with Gasteiger partial charge in [0.15, 0.2) is 0 Å². The van der Waals surface area contributed by atoms with E-state index < -0.39 is 5.97 Å². The number of amides is 1. The molecule has 0 bridgehead atoms. The van der Waals surface area contributed by atoms with Gasteiger partial charge in [0.25, 0.3) is 0 Å². The molecule has 2 N–H and O–H groups in total. The Hall–Kier alpha value is -6.15. The van der Waals surface area contributed by atoms with Crippen LogP contribution in [0.3, 0.4) is 0 Å². The second kappa shape index (κ2) is 15.2. The van der Waals surface area contributed by atoms with Crippen LogP contribution in [0.5, 0.6) is 11.5 Å². The molecule has 53 heavy (non-hydrogen) atoms. The van der Waals surface area contributed by atoms with Crippen LogP contribution in [0.15, 0.2) is 120 Å². The summed E-state index contributed by atoms with van der Waals surface area (Å²) in [5, 5.41) is 15.1. The summed E-state index contributed by atoms with van der Waals surface area (Å²) in [6.07, 6.45) is 2.29. The van der Waals surface area contributed by atoms with E-state index in [2.05, 4.69) is 52.1 Å². The van der Waals surface area contributed by atoms with Crippen LogP contribution in [0.4, 0.5) is 0 Å². The molecule has 6 rings (SSSR count). The Labute approximate surface area is 310 Å². The number of phenols is 1. The van der Waals surface area contributed by atoms with E-state index in [0.717, 1.165) is 44.8 Å². The van der Waals surface area contributed by atoms with Gasteiger partial charge < -0.3 is 9.84 Å². The predicted molar refractivity (Wildman–Crippen MR) is 211 cm³/mol. The third-order valence-electron chi connectivity index (χ3n) is 8.91. The minimum absolute atomic E-state index is 0.221. The SMILES string of the molecule is CC(C)(C)c1cc(CCC(=O)N/N=C\c2ccc(OC(=O)c3ccc4nc(-c5ccccc5)c(-c5ccccc5)nc4c3)cc2)cc(C(C)(C)C)c1O. The minimum atomic E-state index is -0.520. The van der Waals surface area contributed by atoms with E-state index >= 15 is 0 Å². The summed E-state index contributed by atoms with van der Waals surface area (Å²) in [6.45, 7) is 12.4. The summed E-state index contributed by atoms with van der Waals surface area (Å²) in [6, 6.07) is 35.8. The third kappa shape index (κ3) is 8.84. The van der Waals surface area contributed by atoms with Gasteiger partial charge in [-0.15, -0.1) is 0 Å². The van der Waals surface area contributed by atoms with Crippen LogP contribution in [-0.4, -0.2) is 33.2 Å². The number of carbonyl (C=O) groups excluding carboxylic acids is 2. The molecule has 0 aliphatic rings. The van der Waals surface area contributed by atoms with Crippen LogP contribution >= 0.6 is 0 Å². The van der Waals surface area contributed by atoms with Gasteiger partial charge in [0, 0.05) is 17.5 Å². The summed E-state index contributed by atoms with van der Waals surface area (Å²) < 4.78 is 5.68. The number of hydrogen-bond donors (Lipinski definition) is 2. The number of aromatic hydroxyl groups is 1. The summed E-state index contributed by atoms with van der Waals surface area (Å²) in [7, 11) is 0. The first-order valence-corrected chi connectivity index (χ1v) is 17.7. The molecule has 8 heteroatoms. The molecular weight excluding hydrogens is 661 g/mol. The van der Waals surface area contributed by atoms with Crippen molar-refractivity contribution in [3.63, 3.8) is 0 Å². The summed E-state index contributed by atoms with van der Waals surface area (Å²) in [4.78, 5) is 35.7. The number of benzene rings is 5. The van der Waals surface area contributed by atoms with Gasteiger partial charge in [-0.2, -0.15) is 5.10 Å². The lowest BCUT2D eigenvalue weighted by atomic mass is 9.78. The molecule has 0 saturated heterocycles. The fraction of sp³-hybridized carbons (Fsp3) is 0.222. The van der Waals surface area contributed by atoms with Crippen LogP contribution < -0.4 is 10.2 Å². The van der Waals surface area contributed by atoms with Crippen LogP contribution in [-0.2, 0) is 22.0 Å². The number of carbonyl (C=O) groups is 2. The lowest BCUT2D eigenvalue weighted by Gasteiger charge is -2.28. The van der Waals surface area contributed by atoms with E-state index in [-0.39, 0.29) is 23.2 Å². The van der Waals surface area contributed by atoms with Crippen molar-refractivity contribution in [3.8, 4) is 34.0 Å². The molecular formula is C45H44N4O4. The summed E-state index contributed by atoms with van der Waals surface area (Å²) >= 11 is 0. The fourth-order valence-electron chi connectivity index (χ4n) is 6.04. The molecule has 8 nitrogen and oxygen atoms in total. The molecule has 0 unspecified atom stereocenters. The average molecular weight is 705 g/mol. The number of hydrogen-bond acceptors (Lipinski definition) is 7. The van der Waals surface area contributed by atoms with E-state index in [4.69, 9.17) is 14.7 Å². The molecule has 0 fully saturated rings. The lowest BCUT2D eigenvalue weighted by Crippen LogP contribution is -2.20. The molecule has 5 aromatic carbocycles. The number of nitrogens with one attached hydrogen (secondary N) is 1. The smallest absolute Gasteiger partial charge is 0.343 e. The minimum Gasteiger partial charge on any atom is -0.507 e. The van der Waals surface area contributed by atoms with Gasteiger partial charge in [0.05, 0.1) is 34.2 Å². The van der Waals surface area contributed by atoms with Crippen molar-refractivity contribution in [2.24, 2.45) is 5.10 Å². The zero-order valence-corrected chi connectivity index (χ0v) is 31.0. The van der Waals surface area contributed by atoms with Crippen molar-refractivity contribution in [2.75, 3.05) is 0 Å². The first-order chi connectivity index (χ1) is 25.3. The van der Waals surface area contributed by atoms with Gasteiger partial charge >= 0.3 is 5.97 Å².